The Morgan fingerprint density at radius 2 is 2.00 bits per heavy atom. The van der Waals surface area contributed by atoms with Crippen molar-refractivity contribution >= 4 is 11.5 Å². The lowest BCUT2D eigenvalue weighted by Gasteiger charge is -2.20. The summed E-state index contributed by atoms with van der Waals surface area (Å²) in [5.41, 5.74) is -0.281. The Morgan fingerprint density at radius 3 is 2.67 bits per heavy atom. The second kappa shape index (κ2) is 6.31. The highest BCUT2D eigenvalue weighted by molar-refractivity contribution is 5.71. The number of aliphatic hydroxyl groups excluding tert-OH is 2. The number of anilines is 2. The van der Waals surface area contributed by atoms with Crippen LogP contribution in [-0.2, 0) is 7.05 Å². The zero-order chi connectivity index (χ0) is 15.6. The van der Waals surface area contributed by atoms with Crippen molar-refractivity contribution in [1.29, 1.82) is 0 Å². The fraction of sp³-hybridized carbons (Fsp3) is 0.692. The maximum absolute atomic E-state index is 11.9. The van der Waals surface area contributed by atoms with Gasteiger partial charge in [0.15, 0.2) is 0 Å². The minimum absolute atomic E-state index is 0.223. The number of nitrogens with one attached hydrogen (secondary N) is 1. The summed E-state index contributed by atoms with van der Waals surface area (Å²) in [6, 6.07) is 0. The van der Waals surface area contributed by atoms with Crippen LogP contribution < -0.4 is 21.0 Å². The van der Waals surface area contributed by atoms with Crippen LogP contribution in [-0.4, -0.2) is 52.7 Å². The Balaban J connectivity index is 2.09. The fourth-order valence-corrected chi connectivity index (χ4v) is 2.65. The van der Waals surface area contributed by atoms with E-state index >= 15 is 0 Å². The standard InChI is InChI=1S/C13H22N4O4/c1-15-8-17(6-4-3-5-9(19)7-18)12-10(15)11(20)14-13(21)16(12)2/h9,18-19H,3-8H2,1-2H3,(H,14,20,21). The molecule has 2 heterocycles. The topological polar surface area (TPSA) is 102 Å². The van der Waals surface area contributed by atoms with Crippen LogP contribution in [0.15, 0.2) is 9.59 Å². The van der Waals surface area contributed by atoms with Gasteiger partial charge in [-0.1, -0.05) is 0 Å². The normalized spacial score (nSPS) is 15.4. The van der Waals surface area contributed by atoms with Crippen molar-refractivity contribution in [1.82, 2.24) is 9.55 Å². The van der Waals surface area contributed by atoms with Gasteiger partial charge in [-0.15, -0.1) is 0 Å². The monoisotopic (exact) mass is 298 g/mol. The van der Waals surface area contributed by atoms with Crippen molar-refractivity contribution in [2.75, 3.05) is 36.7 Å². The van der Waals surface area contributed by atoms with Gasteiger partial charge in [-0.2, -0.15) is 0 Å². The largest absolute Gasteiger partial charge is 0.394 e. The van der Waals surface area contributed by atoms with E-state index in [1.165, 1.54) is 4.57 Å². The summed E-state index contributed by atoms with van der Waals surface area (Å²) in [5.74, 6) is 0.633. The minimum Gasteiger partial charge on any atom is -0.394 e. The zero-order valence-electron chi connectivity index (χ0n) is 12.4. The van der Waals surface area contributed by atoms with E-state index in [1.807, 2.05) is 16.8 Å². The number of aromatic nitrogens is 2. The number of hydrogen-bond acceptors (Lipinski definition) is 6. The molecule has 1 aromatic rings. The summed E-state index contributed by atoms with van der Waals surface area (Å²) in [5, 5.41) is 18.1. The summed E-state index contributed by atoms with van der Waals surface area (Å²) < 4.78 is 1.45. The van der Waals surface area contributed by atoms with E-state index in [2.05, 4.69) is 4.98 Å². The van der Waals surface area contributed by atoms with E-state index in [-0.39, 0.29) is 12.2 Å². The number of aliphatic hydroxyl groups is 2. The molecule has 0 spiro atoms. The predicted molar refractivity (Wildman–Crippen MR) is 79.9 cm³/mol. The van der Waals surface area contributed by atoms with Gasteiger partial charge in [0.25, 0.3) is 5.56 Å². The molecule has 118 valence electrons. The van der Waals surface area contributed by atoms with Crippen molar-refractivity contribution in [3.8, 4) is 0 Å². The van der Waals surface area contributed by atoms with Crippen LogP contribution in [0.4, 0.5) is 11.5 Å². The number of unbranched alkanes of at least 4 members (excludes halogenated alkanes) is 1. The molecule has 0 saturated carbocycles. The van der Waals surface area contributed by atoms with Crippen LogP contribution in [0, 0.1) is 0 Å². The number of hydrogen-bond donors (Lipinski definition) is 3. The third-order valence-corrected chi connectivity index (χ3v) is 3.76. The van der Waals surface area contributed by atoms with Crippen LogP contribution in [0.1, 0.15) is 19.3 Å². The second-order valence-electron chi connectivity index (χ2n) is 5.43. The van der Waals surface area contributed by atoms with E-state index in [1.54, 1.807) is 7.05 Å². The molecular weight excluding hydrogens is 276 g/mol. The summed E-state index contributed by atoms with van der Waals surface area (Å²) >= 11 is 0. The molecule has 0 amide bonds. The molecule has 1 atom stereocenters. The Bertz CT molecular complexity index is 609. The molecule has 21 heavy (non-hydrogen) atoms. The molecule has 8 heteroatoms. The van der Waals surface area contributed by atoms with Crippen LogP contribution in [0.25, 0.3) is 0 Å². The average Bonchev–Trinajstić information content (AvgIpc) is 2.78. The van der Waals surface area contributed by atoms with E-state index in [0.29, 0.717) is 31.1 Å². The maximum Gasteiger partial charge on any atom is 0.329 e. The Hall–Kier alpha value is -1.80. The Morgan fingerprint density at radius 1 is 1.29 bits per heavy atom. The van der Waals surface area contributed by atoms with Gasteiger partial charge >= 0.3 is 5.69 Å². The molecule has 0 bridgehead atoms. The first-order valence-corrected chi connectivity index (χ1v) is 7.04. The maximum atomic E-state index is 11.9. The van der Waals surface area contributed by atoms with Crippen LogP contribution in [0.3, 0.4) is 0 Å². The first kappa shape index (κ1) is 15.6. The van der Waals surface area contributed by atoms with Crippen molar-refractivity contribution in [2.45, 2.75) is 25.4 Å². The molecule has 2 rings (SSSR count). The molecule has 0 aromatic carbocycles. The molecule has 0 radical (unpaired) electrons. The number of rotatable bonds is 6. The molecule has 0 saturated heterocycles. The highest BCUT2D eigenvalue weighted by Gasteiger charge is 2.28. The summed E-state index contributed by atoms with van der Waals surface area (Å²) in [4.78, 5) is 29.7. The average molecular weight is 298 g/mol. The van der Waals surface area contributed by atoms with Crippen molar-refractivity contribution in [2.24, 2.45) is 7.05 Å². The van der Waals surface area contributed by atoms with E-state index in [4.69, 9.17) is 5.11 Å². The highest BCUT2D eigenvalue weighted by Crippen LogP contribution is 2.29. The second-order valence-corrected chi connectivity index (χ2v) is 5.43. The molecule has 1 unspecified atom stereocenters. The number of fused-ring (bicyclic) bond motifs is 1. The van der Waals surface area contributed by atoms with Gasteiger partial charge in [0.05, 0.1) is 19.4 Å². The molecule has 1 aliphatic heterocycles. The lowest BCUT2D eigenvalue weighted by Crippen LogP contribution is -2.32. The summed E-state index contributed by atoms with van der Waals surface area (Å²) in [7, 11) is 3.45. The first-order chi connectivity index (χ1) is 9.95. The van der Waals surface area contributed by atoms with Crippen LogP contribution >= 0.6 is 0 Å². The van der Waals surface area contributed by atoms with Gasteiger partial charge in [-0.3, -0.25) is 14.3 Å². The molecule has 1 aromatic heterocycles. The van der Waals surface area contributed by atoms with Crippen molar-refractivity contribution < 1.29 is 10.2 Å². The first-order valence-electron chi connectivity index (χ1n) is 7.04. The predicted octanol–water partition coefficient (Wildman–Crippen LogP) is -1.19. The van der Waals surface area contributed by atoms with Crippen LogP contribution in [0.2, 0.25) is 0 Å². The quantitative estimate of drug-likeness (QED) is 0.571. The van der Waals surface area contributed by atoms with E-state index < -0.39 is 11.8 Å². The molecule has 3 N–H and O–H groups in total. The molecule has 0 fully saturated rings. The van der Waals surface area contributed by atoms with E-state index in [9.17, 15) is 14.7 Å². The molecule has 8 nitrogen and oxygen atoms in total. The van der Waals surface area contributed by atoms with Gasteiger partial charge in [-0.25, -0.2) is 4.79 Å². The smallest absolute Gasteiger partial charge is 0.329 e. The van der Waals surface area contributed by atoms with Gasteiger partial charge in [0.1, 0.15) is 11.5 Å². The third kappa shape index (κ3) is 3.11. The van der Waals surface area contributed by atoms with Crippen molar-refractivity contribution in [3.05, 3.63) is 20.8 Å². The lowest BCUT2D eigenvalue weighted by atomic mass is 10.1. The lowest BCUT2D eigenvalue weighted by molar-refractivity contribution is 0.0863. The van der Waals surface area contributed by atoms with Crippen molar-refractivity contribution in [3.63, 3.8) is 0 Å². The molecule has 0 aliphatic carbocycles. The Labute approximate surface area is 122 Å². The molecule has 1 aliphatic rings. The minimum atomic E-state index is -0.675. The zero-order valence-corrected chi connectivity index (χ0v) is 12.4. The van der Waals surface area contributed by atoms with Gasteiger partial charge in [-0.05, 0) is 19.3 Å². The number of nitrogens with zero attached hydrogens (tertiary/aromatic N) is 3. The van der Waals surface area contributed by atoms with Gasteiger partial charge < -0.3 is 20.0 Å². The van der Waals surface area contributed by atoms with Gasteiger partial charge in [0.2, 0.25) is 0 Å². The SMILES string of the molecule is CN1CN(CCCCC(O)CO)c2c1c(=O)[nH]c(=O)n2C. The Kier molecular flexibility index (Phi) is 4.69. The number of H-pyrrole nitrogens is 1. The highest BCUT2D eigenvalue weighted by atomic mass is 16.3. The number of aromatic amines is 1. The fourth-order valence-electron chi connectivity index (χ4n) is 2.65. The third-order valence-electron chi connectivity index (χ3n) is 3.76. The van der Waals surface area contributed by atoms with E-state index in [0.717, 1.165) is 12.8 Å². The summed E-state index contributed by atoms with van der Waals surface area (Å²) in [6.45, 7) is 1.02. The van der Waals surface area contributed by atoms with Gasteiger partial charge in [0, 0.05) is 20.6 Å². The summed E-state index contributed by atoms with van der Waals surface area (Å²) in [6.07, 6.45) is 1.45. The van der Waals surface area contributed by atoms with Crippen LogP contribution in [0.5, 0.6) is 0 Å². The molecular formula is C13H22N4O4.